The van der Waals surface area contributed by atoms with Gasteiger partial charge in [-0.3, -0.25) is 0 Å². The van der Waals surface area contributed by atoms with Crippen LogP contribution < -0.4 is 16.0 Å². The van der Waals surface area contributed by atoms with E-state index in [9.17, 15) is 0 Å². The largest absolute Gasteiger partial charge is 0.314 e. The van der Waals surface area contributed by atoms with Crippen LogP contribution in [0.4, 0.5) is 0 Å². The fourth-order valence-corrected chi connectivity index (χ4v) is 1.29. The highest BCUT2D eigenvalue weighted by atomic mass is 15.3. The van der Waals surface area contributed by atoms with E-state index in [4.69, 9.17) is 0 Å². The Balaban J connectivity index is 2.37. The summed E-state index contributed by atoms with van der Waals surface area (Å²) >= 11 is 0. The normalized spacial score (nSPS) is 30.3. The van der Waals surface area contributed by atoms with Crippen molar-refractivity contribution in [1.82, 2.24) is 16.0 Å². The van der Waals surface area contributed by atoms with E-state index in [0.717, 1.165) is 0 Å². The van der Waals surface area contributed by atoms with Gasteiger partial charge in [-0.2, -0.15) is 0 Å². The molecule has 0 spiro atoms. The summed E-state index contributed by atoms with van der Waals surface area (Å²) in [5, 5.41) is 9.67. The quantitative estimate of drug-likeness (QED) is 0.433. The molecular weight excluding hydrogens is 114 g/mol. The molecule has 3 heteroatoms. The molecule has 3 N–H and O–H groups in total. The van der Waals surface area contributed by atoms with Gasteiger partial charge < -0.3 is 16.0 Å². The summed E-state index contributed by atoms with van der Waals surface area (Å²) in [6.45, 7) is 0. The van der Waals surface area contributed by atoms with Crippen molar-refractivity contribution in [3.05, 3.63) is 0 Å². The molecule has 0 aromatic carbocycles. The van der Waals surface area contributed by atoms with E-state index in [1.54, 1.807) is 0 Å². The van der Waals surface area contributed by atoms with Crippen molar-refractivity contribution in [2.45, 2.75) is 18.1 Å². The third-order valence-electron chi connectivity index (χ3n) is 2.20. The van der Waals surface area contributed by atoms with Gasteiger partial charge in [-0.15, -0.1) is 0 Å². The summed E-state index contributed by atoms with van der Waals surface area (Å²) in [7, 11) is 5.95. The van der Waals surface area contributed by atoms with Gasteiger partial charge in [0.2, 0.25) is 0 Å². The Labute approximate surface area is 56.2 Å². The maximum absolute atomic E-state index is 3.23. The molecule has 1 aliphatic carbocycles. The maximum Gasteiger partial charge on any atom is 0.0857 e. The molecule has 0 bridgehead atoms. The Bertz CT molecular complexity index is 98.5. The molecule has 0 amide bonds. The first-order chi connectivity index (χ1) is 4.29. The summed E-state index contributed by atoms with van der Waals surface area (Å²) in [6.07, 6.45) is 1.18. The average Bonchev–Trinajstić information content (AvgIpc) is 2.63. The number of hydrogen-bond acceptors (Lipinski definition) is 3. The summed E-state index contributed by atoms with van der Waals surface area (Å²) in [5.41, 5.74) is 0.189. The van der Waals surface area contributed by atoms with Gasteiger partial charge in [0.25, 0.3) is 0 Å². The second-order valence-electron chi connectivity index (χ2n) is 2.52. The lowest BCUT2D eigenvalue weighted by Gasteiger charge is -2.14. The molecule has 1 atom stereocenters. The van der Waals surface area contributed by atoms with Crippen LogP contribution in [-0.4, -0.2) is 32.8 Å². The van der Waals surface area contributed by atoms with Crippen LogP contribution in [0.3, 0.4) is 0 Å². The molecule has 9 heavy (non-hydrogen) atoms. The zero-order valence-electron chi connectivity index (χ0n) is 6.28. The van der Waals surface area contributed by atoms with Crippen molar-refractivity contribution in [1.29, 1.82) is 0 Å². The van der Waals surface area contributed by atoms with Gasteiger partial charge in [0.05, 0.1) is 5.66 Å². The van der Waals surface area contributed by atoms with Crippen molar-refractivity contribution < 1.29 is 0 Å². The Morgan fingerprint density at radius 2 is 1.78 bits per heavy atom. The highest BCUT2D eigenvalue weighted by Crippen LogP contribution is 2.31. The molecule has 0 aliphatic heterocycles. The van der Waals surface area contributed by atoms with Gasteiger partial charge in [-0.25, -0.2) is 0 Å². The van der Waals surface area contributed by atoms with Crippen LogP contribution in [0.25, 0.3) is 0 Å². The first-order valence-corrected chi connectivity index (χ1v) is 3.34. The molecule has 1 fully saturated rings. The lowest BCUT2D eigenvalue weighted by molar-refractivity contribution is 0.445. The number of likely N-dealkylation sites (N-methyl/N-ethyl adjacent to an activating group) is 3. The van der Waals surface area contributed by atoms with Gasteiger partial charge in [0.1, 0.15) is 0 Å². The SMILES string of the molecule is CNC1CC1(NC)NC. The monoisotopic (exact) mass is 129 g/mol. The molecule has 1 saturated carbocycles. The van der Waals surface area contributed by atoms with Crippen LogP contribution in [-0.2, 0) is 0 Å². The summed E-state index contributed by atoms with van der Waals surface area (Å²) in [6, 6.07) is 0.604. The Hall–Kier alpha value is -0.120. The second-order valence-corrected chi connectivity index (χ2v) is 2.52. The zero-order valence-corrected chi connectivity index (χ0v) is 6.28. The van der Waals surface area contributed by atoms with Crippen molar-refractivity contribution in [3.8, 4) is 0 Å². The molecule has 0 aromatic rings. The van der Waals surface area contributed by atoms with Crippen LogP contribution in [0.1, 0.15) is 6.42 Å². The molecule has 3 nitrogen and oxygen atoms in total. The van der Waals surface area contributed by atoms with E-state index in [1.807, 2.05) is 21.1 Å². The van der Waals surface area contributed by atoms with E-state index in [-0.39, 0.29) is 5.66 Å². The summed E-state index contributed by atoms with van der Waals surface area (Å²) < 4.78 is 0. The van der Waals surface area contributed by atoms with Crippen molar-refractivity contribution >= 4 is 0 Å². The van der Waals surface area contributed by atoms with E-state index in [1.165, 1.54) is 6.42 Å². The van der Waals surface area contributed by atoms with Crippen LogP contribution in [0.15, 0.2) is 0 Å². The van der Waals surface area contributed by atoms with Crippen LogP contribution >= 0.6 is 0 Å². The van der Waals surface area contributed by atoms with Gasteiger partial charge in [-0.1, -0.05) is 0 Å². The van der Waals surface area contributed by atoms with Crippen molar-refractivity contribution in [3.63, 3.8) is 0 Å². The van der Waals surface area contributed by atoms with Gasteiger partial charge in [0.15, 0.2) is 0 Å². The zero-order chi connectivity index (χ0) is 6.91. The second kappa shape index (κ2) is 2.25. The molecule has 0 radical (unpaired) electrons. The highest BCUT2D eigenvalue weighted by molar-refractivity contribution is 5.11. The molecular formula is C6H15N3. The predicted octanol–water partition coefficient (Wildman–Crippen LogP) is -0.887. The molecule has 1 rings (SSSR count). The van der Waals surface area contributed by atoms with Gasteiger partial charge in [-0.05, 0) is 27.6 Å². The minimum Gasteiger partial charge on any atom is -0.314 e. The van der Waals surface area contributed by atoms with Gasteiger partial charge >= 0.3 is 0 Å². The van der Waals surface area contributed by atoms with Crippen LogP contribution in [0.2, 0.25) is 0 Å². The number of rotatable bonds is 3. The van der Waals surface area contributed by atoms with E-state index in [2.05, 4.69) is 16.0 Å². The first kappa shape index (κ1) is 6.99. The maximum atomic E-state index is 3.23. The number of hydrogen-bond donors (Lipinski definition) is 3. The smallest absolute Gasteiger partial charge is 0.0857 e. The van der Waals surface area contributed by atoms with Crippen LogP contribution in [0, 0.1) is 0 Å². The first-order valence-electron chi connectivity index (χ1n) is 3.34. The van der Waals surface area contributed by atoms with E-state index in [0.29, 0.717) is 6.04 Å². The number of nitrogens with one attached hydrogen (secondary N) is 3. The highest BCUT2D eigenvalue weighted by Gasteiger charge is 2.51. The van der Waals surface area contributed by atoms with Crippen molar-refractivity contribution in [2.75, 3.05) is 21.1 Å². The third-order valence-corrected chi connectivity index (χ3v) is 2.20. The lowest BCUT2D eigenvalue weighted by Crippen LogP contribution is -2.46. The van der Waals surface area contributed by atoms with Crippen LogP contribution in [0.5, 0.6) is 0 Å². The predicted molar refractivity (Wildman–Crippen MR) is 38.3 cm³/mol. The molecule has 0 aromatic heterocycles. The molecule has 1 aliphatic rings. The molecule has 0 heterocycles. The fraction of sp³-hybridized carbons (Fsp3) is 1.00. The Morgan fingerprint density at radius 1 is 1.22 bits per heavy atom. The minimum atomic E-state index is 0.189. The summed E-state index contributed by atoms with van der Waals surface area (Å²) in [4.78, 5) is 0. The standard InChI is InChI=1S/C6H15N3/c1-7-5-4-6(5,8-2)9-3/h5,7-9H,4H2,1-3H3. The average molecular weight is 129 g/mol. The van der Waals surface area contributed by atoms with Crippen molar-refractivity contribution in [2.24, 2.45) is 0 Å². The molecule has 1 unspecified atom stereocenters. The lowest BCUT2D eigenvalue weighted by atomic mass is 10.5. The molecule has 0 saturated heterocycles. The van der Waals surface area contributed by atoms with E-state index >= 15 is 0 Å². The minimum absolute atomic E-state index is 0.189. The topological polar surface area (TPSA) is 36.1 Å². The third kappa shape index (κ3) is 0.956. The fourth-order valence-electron chi connectivity index (χ4n) is 1.29. The summed E-state index contributed by atoms with van der Waals surface area (Å²) in [5.74, 6) is 0. The Morgan fingerprint density at radius 3 is 1.89 bits per heavy atom. The van der Waals surface area contributed by atoms with Gasteiger partial charge in [0, 0.05) is 6.04 Å². The Kier molecular flexibility index (Phi) is 1.75. The van der Waals surface area contributed by atoms with E-state index < -0.39 is 0 Å². The molecule has 54 valence electrons.